The van der Waals surface area contributed by atoms with E-state index in [-0.39, 0.29) is 5.91 Å². The Morgan fingerprint density at radius 1 is 1.26 bits per heavy atom. The van der Waals surface area contributed by atoms with Gasteiger partial charge in [-0.15, -0.1) is 0 Å². The third kappa shape index (κ3) is 3.37. The number of pyridine rings is 1. The van der Waals surface area contributed by atoms with Crippen molar-refractivity contribution in [3.63, 3.8) is 0 Å². The second kappa shape index (κ2) is 7.19. The van der Waals surface area contributed by atoms with Gasteiger partial charge in [-0.3, -0.25) is 9.36 Å². The molecule has 27 heavy (non-hydrogen) atoms. The van der Waals surface area contributed by atoms with Gasteiger partial charge >= 0.3 is 0 Å². The highest BCUT2D eigenvalue weighted by atomic mass is 35.5. The van der Waals surface area contributed by atoms with E-state index in [0.717, 1.165) is 11.4 Å². The molecule has 0 radical (unpaired) electrons. The van der Waals surface area contributed by atoms with Crippen LogP contribution in [0.2, 0.25) is 5.02 Å². The summed E-state index contributed by atoms with van der Waals surface area (Å²) in [5.74, 6) is 0.628. The van der Waals surface area contributed by atoms with Crippen molar-refractivity contribution in [2.45, 2.75) is 19.0 Å². The van der Waals surface area contributed by atoms with Crippen LogP contribution in [-0.4, -0.2) is 46.7 Å². The maximum absolute atomic E-state index is 13.3. The number of nitrogens with zero attached hydrogens (tertiary/aromatic N) is 3. The van der Waals surface area contributed by atoms with Crippen molar-refractivity contribution in [3.8, 4) is 11.4 Å². The van der Waals surface area contributed by atoms with Gasteiger partial charge in [0.2, 0.25) is 0 Å². The summed E-state index contributed by atoms with van der Waals surface area (Å²) < 4.78 is 20.4. The summed E-state index contributed by atoms with van der Waals surface area (Å²) in [5.41, 5.74) is 2.03. The molecular weight excluding hydrogens is 369 g/mol. The fourth-order valence-corrected chi connectivity index (χ4v) is 3.60. The highest BCUT2D eigenvalue weighted by Gasteiger charge is 2.24. The summed E-state index contributed by atoms with van der Waals surface area (Å²) >= 11 is 6.41. The number of aromatic nitrogens is 2. The molecule has 1 amide bonds. The van der Waals surface area contributed by atoms with Crippen molar-refractivity contribution < 1.29 is 13.9 Å². The van der Waals surface area contributed by atoms with E-state index in [0.29, 0.717) is 47.6 Å². The average Bonchev–Trinajstić information content (AvgIpc) is 3.04. The highest BCUT2D eigenvalue weighted by Crippen LogP contribution is 2.29. The van der Waals surface area contributed by atoms with Gasteiger partial charge in [0, 0.05) is 36.6 Å². The molecule has 3 aromatic rings. The monoisotopic (exact) mass is 387 g/mol. The van der Waals surface area contributed by atoms with E-state index in [9.17, 15) is 9.18 Å². The molecule has 1 aliphatic heterocycles. The maximum Gasteiger partial charge on any atom is 0.255 e. The van der Waals surface area contributed by atoms with Gasteiger partial charge in [-0.2, -0.15) is 0 Å². The SMILES string of the molecule is COc1ccc(-n2cc(Cl)c3cc(C(=O)N4CCC(F)CC4)cnc32)cc1. The Balaban J connectivity index is 1.67. The van der Waals surface area contributed by atoms with Crippen LogP contribution in [0.3, 0.4) is 0 Å². The zero-order chi connectivity index (χ0) is 19.0. The number of amides is 1. The minimum absolute atomic E-state index is 0.135. The molecule has 0 bridgehead atoms. The average molecular weight is 388 g/mol. The van der Waals surface area contributed by atoms with Crippen LogP contribution in [0.5, 0.6) is 5.75 Å². The fraction of sp³-hybridized carbons (Fsp3) is 0.300. The number of carbonyl (C=O) groups excluding carboxylic acids is 1. The molecule has 0 aliphatic carbocycles. The lowest BCUT2D eigenvalue weighted by Gasteiger charge is -2.28. The third-order valence-corrected chi connectivity index (χ3v) is 5.21. The van der Waals surface area contributed by atoms with E-state index in [1.54, 1.807) is 30.5 Å². The number of hydrogen-bond acceptors (Lipinski definition) is 3. The third-order valence-electron chi connectivity index (χ3n) is 4.90. The van der Waals surface area contributed by atoms with E-state index < -0.39 is 6.17 Å². The van der Waals surface area contributed by atoms with Gasteiger partial charge < -0.3 is 9.64 Å². The Hall–Kier alpha value is -2.60. The van der Waals surface area contributed by atoms with Gasteiger partial charge in [0.15, 0.2) is 0 Å². The molecule has 5 nitrogen and oxygen atoms in total. The van der Waals surface area contributed by atoms with E-state index in [1.807, 2.05) is 28.8 Å². The molecule has 0 atom stereocenters. The number of likely N-dealkylation sites (tertiary alicyclic amines) is 1. The molecule has 1 fully saturated rings. The summed E-state index contributed by atoms with van der Waals surface area (Å²) in [5, 5.41) is 1.23. The molecule has 4 rings (SSSR count). The van der Waals surface area contributed by atoms with E-state index >= 15 is 0 Å². The van der Waals surface area contributed by atoms with Crippen molar-refractivity contribution in [1.29, 1.82) is 0 Å². The van der Waals surface area contributed by atoms with Gasteiger partial charge in [0.1, 0.15) is 17.6 Å². The first kappa shape index (κ1) is 17.8. The quantitative estimate of drug-likeness (QED) is 0.674. The zero-order valence-electron chi connectivity index (χ0n) is 14.9. The van der Waals surface area contributed by atoms with Crippen LogP contribution in [0, 0.1) is 0 Å². The molecule has 0 unspecified atom stereocenters. The van der Waals surface area contributed by atoms with Crippen molar-refractivity contribution in [3.05, 3.63) is 53.3 Å². The number of benzene rings is 1. The highest BCUT2D eigenvalue weighted by molar-refractivity contribution is 6.35. The summed E-state index contributed by atoms with van der Waals surface area (Å²) in [6.45, 7) is 0.858. The Labute approximate surface area is 161 Å². The maximum atomic E-state index is 13.3. The Morgan fingerprint density at radius 3 is 2.63 bits per heavy atom. The first-order valence-electron chi connectivity index (χ1n) is 8.81. The summed E-state index contributed by atoms with van der Waals surface area (Å²) in [7, 11) is 1.62. The smallest absolute Gasteiger partial charge is 0.255 e. The molecule has 1 saturated heterocycles. The lowest BCUT2D eigenvalue weighted by atomic mass is 10.1. The molecule has 7 heteroatoms. The Morgan fingerprint density at radius 2 is 1.96 bits per heavy atom. The van der Waals surface area contributed by atoms with Crippen LogP contribution >= 0.6 is 11.6 Å². The van der Waals surface area contributed by atoms with Crippen LogP contribution in [0.25, 0.3) is 16.7 Å². The van der Waals surface area contributed by atoms with E-state index in [4.69, 9.17) is 16.3 Å². The van der Waals surface area contributed by atoms with Crippen molar-refractivity contribution in [1.82, 2.24) is 14.5 Å². The molecule has 2 aromatic heterocycles. The lowest BCUT2D eigenvalue weighted by Crippen LogP contribution is -2.39. The van der Waals surface area contributed by atoms with Crippen molar-refractivity contribution in [2.24, 2.45) is 0 Å². The predicted octanol–water partition coefficient (Wildman–Crippen LogP) is 4.26. The number of fused-ring (bicyclic) bond motifs is 1. The summed E-state index contributed by atoms with van der Waals surface area (Å²) in [4.78, 5) is 18.9. The minimum atomic E-state index is -0.817. The standard InChI is InChI=1S/C20H19ClFN3O2/c1-27-16-4-2-15(3-5-16)25-12-18(21)17-10-13(11-23-19(17)25)20(26)24-8-6-14(22)7-9-24/h2-5,10-12,14H,6-9H2,1H3. The Kier molecular flexibility index (Phi) is 4.74. The first-order chi connectivity index (χ1) is 13.1. The largest absolute Gasteiger partial charge is 0.497 e. The minimum Gasteiger partial charge on any atom is -0.497 e. The molecule has 140 valence electrons. The number of hydrogen-bond donors (Lipinski definition) is 0. The number of piperidine rings is 1. The molecular formula is C20H19ClFN3O2. The van der Waals surface area contributed by atoms with Crippen molar-refractivity contribution in [2.75, 3.05) is 20.2 Å². The van der Waals surface area contributed by atoms with E-state index in [1.165, 1.54) is 0 Å². The number of halogens is 2. The van der Waals surface area contributed by atoms with Crippen LogP contribution in [0.4, 0.5) is 4.39 Å². The number of rotatable bonds is 3. The summed E-state index contributed by atoms with van der Waals surface area (Å²) in [6.07, 6.45) is 3.29. The Bertz CT molecular complexity index is 979. The van der Waals surface area contributed by atoms with E-state index in [2.05, 4.69) is 4.98 Å². The van der Waals surface area contributed by atoms with Crippen molar-refractivity contribution >= 4 is 28.5 Å². The summed E-state index contributed by atoms with van der Waals surface area (Å²) in [6, 6.07) is 9.31. The first-order valence-corrected chi connectivity index (χ1v) is 9.19. The molecule has 0 N–H and O–H groups in total. The topological polar surface area (TPSA) is 47.4 Å². The van der Waals surface area contributed by atoms with Gasteiger partial charge in [-0.25, -0.2) is 9.37 Å². The van der Waals surface area contributed by atoms with Crippen LogP contribution in [-0.2, 0) is 0 Å². The molecule has 1 aromatic carbocycles. The van der Waals surface area contributed by atoms with Gasteiger partial charge in [-0.1, -0.05) is 11.6 Å². The second-order valence-corrected chi connectivity index (χ2v) is 7.01. The van der Waals surface area contributed by atoms with Crippen LogP contribution in [0.1, 0.15) is 23.2 Å². The number of carbonyl (C=O) groups is 1. The fourth-order valence-electron chi connectivity index (χ4n) is 3.36. The van der Waals surface area contributed by atoms with Gasteiger partial charge in [0.05, 0.1) is 17.7 Å². The van der Waals surface area contributed by atoms with Crippen LogP contribution < -0.4 is 4.74 Å². The number of ether oxygens (including phenoxy) is 1. The zero-order valence-corrected chi connectivity index (χ0v) is 15.6. The predicted molar refractivity (Wildman–Crippen MR) is 103 cm³/mol. The molecule has 3 heterocycles. The molecule has 1 aliphatic rings. The number of methoxy groups -OCH3 is 1. The van der Waals surface area contributed by atoms with Gasteiger partial charge in [-0.05, 0) is 43.2 Å². The van der Waals surface area contributed by atoms with Crippen LogP contribution in [0.15, 0.2) is 42.7 Å². The normalized spacial score (nSPS) is 15.3. The van der Waals surface area contributed by atoms with Gasteiger partial charge in [0.25, 0.3) is 5.91 Å². The molecule has 0 spiro atoms. The molecule has 0 saturated carbocycles. The second-order valence-electron chi connectivity index (χ2n) is 6.61. The lowest BCUT2D eigenvalue weighted by molar-refractivity contribution is 0.0667. The number of alkyl halides is 1.